The van der Waals surface area contributed by atoms with Crippen molar-refractivity contribution < 1.29 is 19.7 Å². The summed E-state index contributed by atoms with van der Waals surface area (Å²) in [4.78, 5) is 10.9. The quantitative estimate of drug-likeness (QED) is 0.361. The van der Waals surface area contributed by atoms with Gasteiger partial charge in [0.2, 0.25) is 0 Å². The van der Waals surface area contributed by atoms with Gasteiger partial charge in [0.25, 0.3) is 0 Å². The van der Waals surface area contributed by atoms with E-state index in [1.54, 1.807) is 0 Å². The fourth-order valence-electron chi connectivity index (χ4n) is 3.85. The van der Waals surface area contributed by atoms with E-state index in [0.717, 1.165) is 32.1 Å². The summed E-state index contributed by atoms with van der Waals surface area (Å²) in [6, 6.07) is -0.757. The molecule has 0 spiro atoms. The van der Waals surface area contributed by atoms with E-state index < -0.39 is 12.0 Å². The van der Waals surface area contributed by atoms with Gasteiger partial charge in [-0.2, -0.15) is 0 Å². The highest BCUT2D eigenvalue weighted by molar-refractivity contribution is 14.1. The van der Waals surface area contributed by atoms with Crippen LogP contribution in [0.25, 0.3) is 0 Å². The maximum absolute atomic E-state index is 10.9. The Hall–Kier alpha value is 0.810. The van der Waals surface area contributed by atoms with Gasteiger partial charge in [-0.1, -0.05) is 52.1 Å². The minimum absolute atomic E-state index is 0.198. The lowest BCUT2D eigenvalue weighted by atomic mass is 9.77. The second-order valence-corrected chi connectivity index (χ2v) is 10.3. The third-order valence-electron chi connectivity index (χ3n) is 5.12. The molecule has 0 radical (unpaired) electrons. The number of nitrogens with two attached hydrogens (primary N) is 1. The standard InChI is InChI=1S/C16H27I2NO4/c1-8-4-9(6-13(19)16(21)22)5-12(18)15(8)23-10-2-3-14(20)11(17)7-10/h8-15,20H,2-7,19H2,1H3,(H,21,22). The Morgan fingerprint density at radius 2 is 1.96 bits per heavy atom. The van der Waals surface area contributed by atoms with Gasteiger partial charge >= 0.3 is 5.97 Å². The van der Waals surface area contributed by atoms with E-state index in [0.29, 0.717) is 22.2 Å². The molecule has 2 aliphatic carbocycles. The van der Waals surface area contributed by atoms with Crippen LogP contribution in [0.4, 0.5) is 0 Å². The van der Waals surface area contributed by atoms with Crippen LogP contribution in [-0.4, -0.2) is 48.4 Å². The van der Waals surface area contributed by atoms with E-state index in [4.69, 9.17) is 15.6 Å². The predicted molar refractivity (Wildman–Crippen MR) is 106 cm³/mol. The maximum Gasteiger partial charge on any atom is 0.320 e. The number of carbonyl (C=O) groups is 1. The molecule has 0 amide bonds. The number of ether oxygens (including phenoxy) is 1. The predicted octanol–water partition coefficient (Wildman–Crippen LogP) is 2.74. The zero-order valence-electron chi connectivity index (χ0n) is 13.4. The van der Waals surface area contributed by atoms with E-state index in [9.17, 15) is 9.90 Å². The Bertz CT molecular complexity index is 400. The molecule has 23 heavy (non-hydrogen) atoms. The summed E-state index contributed by atoms with van der Waals surface area (Å²) in [5.74, 6) is -0.130. The molecule has 0 bridgehead atoms. The summed E-state index contributed by atoms with van der Waals surface area (Å²) in [7, 11) is 0. The third-order valence-corrected chi connectivity index (χ3v) is 7.68. The summed E-state index contributed by atoms with van der Waals surface area (Å²) in [5, 5.41) is 18.8. The van der Waals surface area contributed by atoms with Gasteiger partial charge < -0.3 is 20.7 Å². The second-order valence-electron chi connectivity index (χ2n) is 7.13. The van der Waals surface area contributed by atoms with Crippen molar-refractivity contribution in [3.8, 4) is 0 Å². The molecule has 2 fully saturated rings. The van der Waals surface area contributed by atoms with Crippen molar-refractivity contribution >= 4 is 51.2 Å². The van der Waals surface area contributed by atoms with Gasteiger partial charge in [-0.25, -0.2) is 0 Å². The number of carboxylic acids is 1. The average molecular weight is 551 g/mol. The number of aliphatic carboxylic acids is 1. The minimum atomic E-state index is -0.908. The molecular weight excluding hydrogens is 524 g/mol. The van der Waals surface area contributed by atoms with Gasteiger partial charge in [-0.05, 0) is 50.4 Å². The Labute approximate surface area is 165 Å². The molecule has 8 unspecified atom stereocenters. The highest BCUT2D eigenvalue weighted by Crippen LogP contribution is 2.39. The van der Waals surface area contributed by atoms with Crippen LogP contribution in [0.3, 0.4) is 0 Å². The van der Waals surface area contributed by atoms with Crippen LogP contribution in [0.15, 0.2) is 0 Å². The largest absolute Gasteiger partial charge is 0.480 e. The number of hydrogen-bond donors (Lipinski definition) is 3. The Morgan fingerprint density at radius 3 is 2.52 bits per heavy atom. The fraction of sp³-hybridized carbons (Fsp3) is 0.938. The van der Waals surface area contributed by atoms with Crippen molar-refractivity contribution in [3.63, 3.8) is 0 Å². The van der Waals surface area contributed by atoms with Gasteiger partial charge in [0, 0.05) is 7.85 Å². The van der Waals surface area contributed by atoms with Crippen LogP contribution in [0.2, 0.25) is 0 Å². The highest BCUT2D eigenvalue weighted by Gasteiger charge is 2.38. The molecule has 0 heterocycles. The summed E-state index contributed by atoms with van der Waals surface area (Å²) < 4.78 is 7.07. The number of carboxylic acid groups (broad SMARTS) is 1. The SMILES string of the molecule is CC1CC(CC(N)C(=O)O)CC(I)C1OC1CCC(O)C(I)C1. The first-order chi connectivity index (χ1) is 10.8. The Kier molecular flexibility index (Phi) is 7.84. The lowest BCUT2D eigenvalue weighted by Gasteiger charge is -2.41. The van der Waals surface area contributed by atoms with Crippen LogP contribution in [-0.2, 0) is 9.53 Å². The van der Waals surface area contributed by atoms with Crippen molar-refractivity contribution in [2.24, 2.45) is 17.6 Å². The van der Waals surface area contributed by atoms with Crippen molar-refractivity contribution in [1.82, 2.24) is 0 Å². The Morgan fingerprint density at radius 1 is 1.26 bits per heavy atom. The molecule has 8 atom stereocenters. The average Bonchev–Trinajstić information content (AvgIpc) is 2.46. The number of aliphatic hydroxyl groups excluding tert-OH is 1. The molecule has 134 valence electrons. The van der Waals surface area contributed by atoms with E-state index in [2.05, 4.69) is 52.1 Å². The lowest BCUT2D eigenvalue weighted by molar-refractivity contribution is -0.139. The number of rotatable bonds is 5. The maximum atomic E-state index is 10.9. The minimum Gasteiger partial charge on any atom is -0.480 e. The molecule has 2 rings (SSSR count). The molecular formula is C16H27I2NO4. The fourth-order valence-corrected chi connectivity index (χ4v) is 6.37. The third kappa shape index (κ3) is 5.65. The molecule has 5 nitrogen and oxygen atoms in total. The van der Waals surface area contributed by atoms with Crippen molar-refractivity contribution in [3.05, 3.63) is 0 Å². The monoisotopic (exact) mass is 551 g/mol. The van der Waals surface area contributed by atoms with Crippen LogP contribution < -0.4 is 5.73 Å². The molecule has 7 heteroatoms. The number of halogens is 2. The van der Waals surface area contributed by atoms with E-state index >= 15 is 0 Å². The van der Waals surface area contributed by atoms with Crippen LogP contribution in [0.5, 0.6) is 0 Å². The van der Waals surface area contributed by atoms with Gasteiger partial charge in [-0.3, -0.25) is 4.79 Å². The summed E-state index contributed by atoms with van der Waals surface area (Å²) >= 11 is 4.78. The lowest BCUT2D eigenvalue weighted by Crippen LogP contribution is -2.44. The van der Waals surface area contributed by atoms with Crippen LogP contribution >= 0.6 is 45.2 Å². The van der Waals surface area contributed by atoms with E-state index in [-0.39, 0.29) is 22.2 Å². The van der Waals surface area contributed by atoms with Crippen LogP contribution in [0, 0.1) is 11.8 Å². The molecule has 0 aliphatic heterocycles. The van der Waals surface area contributed by atoms with Crippen molar-refractivity contribution in [2.75, 3.05) is 0 Å². The zero-order valence-corrected chi connectivity index (χ0v) is 17.7. The topological polar surface area (TPSA) is 92.8 Å². The first kappa shape index (κ1) is 20.1. The van der Waals surface area contributed by atoms with Gasteiger partial charge in [0.15, 0.2) is 0 Å². The number of alkyl halides is 2. The Balaban J connectivity index is 1.86. The van der Waals surface area contributed by atoms with E-state index in [1.807, 2.05) is 0 Å². The van der Waals surface area contributed by atoms with Crippen LogP contribution in [0.1, 0.15) is 45.4 Å². The molecule has 4 N–H and O–H groups in total. The summed E-state index contributed by atoms with van der Waals surface area (Å²) in [5.41, 5.74) is 5.69. The van der Waals surface area contributed by atoms with Gasteiger partial charge in [-0.15, -0.1) is 0 Å². The number of aliphatic hydroxyl groups is 1. The molecule has 2 aliphatic rings. The molecule has 0 aromatic carbocycles. The van der Waals surface area contributed by atoms with Gasteiger partial charge in [0.05, 0.1) is 18.3 Å². The first-order valence-electron chi connectivity index (χ1n) is 8.38. The molecule has 0 saturated heterocycles. The highest BCUT2D eigenvalue weighted by atomic mass is 127. The molecule has 0 aromatic heterocycles. The smallest absolute Gasteiger partial charge is 0.320 e. The second kappa shape index (κ2) is 8.95. The summed E-state index contributed by atoms with van der Waals surface area (Å²) in [6.07, 6.45) is 5.44. The normalized spacial score (nSPS) is 43.1. The zero-order chi connectivity index (χ0) is 17.1. The van der Waals surface area contributed by atoms with Gasteiger partial charge in [0.1, 0.15) is 6.04 Å². The number of hydrogen-bond acceptors (Lipinski definition) is 4. The molecule has 2 saturated carbocycles. The van der Waals surface area contributed by atoms with Crippen molar-refractivity contribution in [1.29, 1.82) is 0 Å². The first-order valence-corrected chi connectivity index (χ1v) is 10.9. The molecule has 0 aromatic rings. The van der Waals surface area contributed by atoms with Crippen molar-refractivity contribution in [2.45, 2.75) is 77.7 Å². The summed E-state index contributed by atoms with van der Waals surface area (Å²) in [6.45, 7) is 2.20. The van der Waals surface area contributed by atoms with E-state index in [1.165, 1.54) is 0 Å².